The van der Waals surface area contributed by atoms with Gasteiger partial charge in [0.2, 0.25) is 0 Å². The van der Waals surface area contributed by atoms with Crippen LogP contribution in [0.1, 0.15) is 19.8 Å². The summed E-state index contributed by atoms with van der Waals surface area (Å²) in [5, 5.41) is 5.11. The van der Waals surface area contributed by atoms with Gasteiger partial charge in [-0.2, -0.15) is 18.8 Å². The van der Waals surface area contributed by atoms with Crippen molar-refractivity contribution in [1.82, 2.24) is 9.38 Å². The van der Waals surface area contributed by atoms with Crippen molar-refractivity contribution in [2.45, 2.75) is 19.8 Å². The molecule has 0 spiro atoms. The van der Waals surface area contributed by atoms with Crippen LogP contribution >= 0.6 is 0 Å². The molecule has 0 saturated heterocycles. The summed E-state index contributed by atoms with van der Waals surface area (Å²) in [6.07, 6.45) is 4.14. The van der Waals surface area contributed by atoms with Crippen LogP contribution in [0, 0.1) is 18.8 Å². The smallest absolute Gasteiger partial charge is 0.501 e. The van der Waals surface area contributed by atoms with Crippen LogP contribution in [0.15, 0.2) is 128 Å². The van der Waals surface area contributed by atoms with Gasteiger partial charge in [-0.25, -0.2) is 0 Å². The molecule has 0 saturated carbocycles. The van der Waals surface area contributed by atoms with Gasteiger partial charge in [-0.05, 0) is 65.3 Å². The number of unbranched alkanes of at least 4 members (excludes halogenated alkanes) is 1. The van der Waals surface area contributed by atoms with Gasteiger partial charge in [0.15, 0.2) is 0 Å². The van der Waals surface area contributed by atoms with Crippen molar-refractivity contribution in [3.05, 3.63) is 146 Å². The molecule has 0 fully saturated rings. The summed E-state index contributed by atoms with van der Waals surface area (Å²) >= 11 is 0. The van der Waals surface area contributed by atoms with Crippen LogP contribution in [0.2, 0.25) is 0 Å². The number of benzene rings is 5. The molecular formula is C40H31IrN4. The predicted octanol–water partition coefficient (Wildman–Crippen LogP) is 10.1. The molecule has 4 heterocycles. The number of nitrogens with zero attached hydrogens (tertiary/aromatic N) is 4. The average molecular weight is 760 g/mol. The van der Waals surface area contributed by atoms with Crippen LogP contribution in [0.3, 0.4) is 0 Å². The van der Waals surface area contributed by atoms with E-state index in [0.29, 0.717) is 0 Å². The Kier molecular flexibility index (Phi) is 7.97. The first-order chi connectivity index (χ1) is 21.8. The van der Waals surface area contributed by atoms with Gasteiger partial charge in [-0.3, -0.25) is 0 Å². The zero-order valence-electron chi connectivity index (χ0n) is 24.9. The Hall–Kier alpha value is -4.70. The van der Waals surface area contributed by atoms with E-state index in [1.807, 2.05) is 42.5 Å². The third-order valence-corrected chi connectivity index (χ3v) is 8.50. The summed E-state index contributed by atoms with van der Waals surface area (Å²) in [6, 6.07) is 48.9. The van der Waals surface area contributed by atoms with Crippen molar-refractivity contribution in [2.75, 3.05) is 16.3 Å². The Bertz CT molecular complexity index is 2170. The Morgan fingerprint density at radius 3 is 2.18 bits per heavy atom. The first-order valence-corrected chi connectivity index (χ1v) is 15.3. The standard InChI is InChI=1S/C29H23N3.C11H8N.Ir/c1-2-3-18-30-19-31(26-15-9-8-14-25(26)30)27-17-16-21-20-10-4-6-12-23(20)32-24-13-7-5-11-22(24)28(27)29(21)32;1-2-6-10(7-3-1)11-8-4-5-9-12-11;/h4-16,19H,2-3,18H2,1H3;1-6,8-9H;/q-2;-1;+3. The van der Waals surface area contributed by atoms with Gasteiger partial charge < -0.3 is 19.2 Å². The van der Waals surface area contributed by atoms with E-state index >= 15 is 0 Å². The molecule has 0 unspecified atom stereocenters. The fourth-order valence-corrected chi connectivity index (χ4v) is 6.49. The minimum atomic E-state index is 0. The van der Waals surface area contributed by atoms with Crippen molar-refractivity contribution in [3.63, 3.8) is 0 Å². The summed E-state index contributed by atoms with van der Waals surface area (Å²) in [6.45, 7) is 5.54. The van der Waals surface area contributed by atoms with E-state index in [-0.39, 0.29) is 20.1 Å². The molecule has 0 amide bonds. The molecule has 1 aliphatic rings. The molecule has 0 bridgehead atoms. The van der Waals surface area contributed by atoms with Crippen molar-refractivity contribution >= 4 is 55.2 Å². The number of aromatic nitrogens is 2. The second kappa shape index (κ2) is 12.4. The van der Waals surface area contributed by atoms with Crippen molar-refractivity contribution < 1.29 is 20.1 Å². The zero-order chi connectivity index (χ0) is 29.5. The number of hydrogen-bond donors (Lipinski definition) is 0. The summed E-state index contributed by atoms with van der Waals surface area (Å²) < 4.78 is 2.43. The third-order valence-electron chi connectivity index (χ3n) is 8.50. The van der Waals surface area contributed by atoms with Crippen molar-refractivity contribution in [2.24, 2.45) is 0 Å². The second-order valence-corrected chi connectivity index (χ2v) is 11.2. The van der Waals surface area contributed by atoms with Gasteiger partial charge in [0.1, 0.15) is 0 Å². The van der Waals surface area contributed by atoms with Gasteiger partial charge in [-0.1, -0.05) is 85.1 Å². The molecule has 9 rings (SSSR count). The van der Waals surface area contributed by atoms with Gasteiger partial charge >= 0.3 is 20.1 Å². The molecular weight excluding hydrogens is 729 g/mol. The van der Waals surface area contributed by atoms with E-state index in [9.17, 15) is 0 Å². The average Bonchev–Trinajstić information content (AvgIpc) is 3.76. The zero-order valence-corrected chi connectivity index (χ0v) is 27.3. The van der Waals surface area contributed by atoms with Crippen LogP contribution in [0.5, 0.6) is 0 Å². The molecule has 45 heavy (non-hydrogen) atoms. The molecule has 1 aliphatic heterocycles. The molecule has 3 aromatic heterocycles. The number of rotatable bonds is 5. The molecule has 0 radical (unpaired) electrons. The minimum Gasteiger partial charge on any atom is -0.501 e. The number of hydrogen-bond acceptors (Lipinski definition) is 3. The fourth-order valence-electron chi connectivity index (χ4n) is 6.49. The molecule has 0 atom stereocenters. The summed E-state index contributed by atoms with van der Waals surface area (Å²) in [4.78, 5) is 8.94. The number of anilines is 3. The van der Waals surface area contributed by atoms with Crippen LogP contribution in [-0.2, 0) is 20.1 Å². The molecule has 5 heteroatoms. The Labute approximate surface area is 277 Å². The monoisotopic (exact) mass is 760 g/mol. The molecule has 5 aromatic carbocycles. The quantitative estimate of drug-likeness (QED) is 0.163. The number of fused-ring (bicyclic) bond motifs is 7. The van der Waals surface area contributed by atoms with Crippen molar-refractivity contribution in [3.8, 4) is 11.3 Å². The van der Waals surface area contributed by atoms with E-state index in [4.69, 9.17) is 0 Å². The Morgan fingerprint density at radius 2 is 1.42 bits per heavy atom. The molecule has 0 aliphatic carbocycles. The normalized spacial score (nSPS) is 12.5. The maximum absolute atomic E-state index is 4.22. The maximum atomic E-state index is 4.22. The molecule has 4 nitrogen and oxygen atoms in total. The van der Waals surface area contributed by atoms with Gasteiger partial charge in [-0.15, -0.1) is 41.3 Å². The summed E-state index contributed by atoms with van der Waals surface area (Å²) in [5.74, 6) is 0. The minimum absolute atomic E-state index is 0. The first-order valence-electron chi connectivity index (χ1n) is 15.3. The first kappa shape index (κ1) is 29.0. The SMILES string of the molecule is CCCCN1[CH-]N(c2[c-]cc3c4ccccc4n4c5ccccc5c2c34)c2ccccc21.[Ir+3].[c-]1ccccc1-c1ccccn1. The fraction of sp³-hybridized carbons (Fsp3) is 0.100. The second-order valence-electron chi connectivity index (χ2n) is 11.2. The van der Waals surface area contributed by atoms with E-state index in [2.05, 4.69) is 124 Å². The maximum Gasteiger partial charge on any atom is 3.00 e. The van der Waals surface area contributed by atoms with Crippen LogP contribution in [-0.4, -0.2) is 15.9 Å². The predicted molar refractivity (Wildman–Crippen MR) is 184 cm³/mol. The molecule has 0 N–H and O–H groups in total. The number of pyridine rings is 1. The summed E-state index contributed by atoms with van der Waals surface area (Å²) in [5.41, 5.74) is 9.43. The van der Waals surface area contributed by atoms with E-state index in [1.54, 1.807) is 6.20 Å². The van der Waals surface area contributed by atoms with Gasteiger partial charge in [0, 0.05) is 28.6 Å². The van der Waals surface area contributed by atoms with E-state index in [1.165, 1.54) is 62.3 Å². The van der Waals surface area contributed by atoms with Crippen LogP contribution in [0.4, 0.5) is 17.1 Å². The van der Waals surface area contributed by atoms with Crippen molar-refractivity contribution in [1.29, 1.82) is 0 Å². The van der Waals surface area contributed by atoms with E-state index < -0.39 is 0 Å². The number of para-hydroxylation sites is 4. The molecule has 8 aromatic rings. The van der Waals surface area contributed by atoms with Gasteiger partial charge in [0.25, 0.3) is 0 Å². The summed E-state index contributed by atoms with van der Waals surface area (Å²) in [7, 11) is 0. The Morgan fingerprint density at radius 1 is 0.711 bits per heavy atom. The van der Waals surface area contributed by atoms with Crippen LogP contribution in [0.25, 0.3) is 49.4 Å². The topological polar surface area (TPSA) is 23.8 Å². The van der Waals surface area contributed by atoms with Gasteiger partial charge in [0.05, 0.1) is 0 Å². The Balaban J connectivity index is 0.000000211. The van der Waals surface area contributed by atoms with E-state index in [0.717, 1.165) is 23.5 Å². The largest absolute Gasteiger partial charge is 3.00 e. The van der Waals surface area contributed by atoms with Crippen LogP contribution < -0.4 is 9.80 Å². The third kappa shape index (κ3) is 4.93. The molecule has 220 valence electrons.